The summed E-state index contributed by atoms with van der Waals surface area (Å²) in [7, 11) is 2.90. The van der Waals surface area contributed by atoms with Crippen molar-refractivity contribution >= 4 is 46.3 Å². The van der Waals surface area contributed by atoms with Crippen molar-refractivity contribution in [3.63, 3.8) is 0 Å². The predicted octanol–water partition coefficient (Wildman–Crippen LogP) is 2.85. The normalized spacial score (nSPS) is 17.5. The van der Waals surface area contributed by atoms with Crippen molar-refractivity contribution in [1.29, 1.82) is 0 Å². The summed E-state index contributed by atoms with van der Waals surface area (Å²) < 4.78 is 10.2. The highest BCUT2D eigenvalue weighted by Gasteiger charge is 2.40. The summed E-state index contributed by atoms with van der Waals surface area (Å²) in [6, 6.07) is 6.65. The van der Waals surface area contributed by atoms with Crippen molar-refractivity contribution in [2.45, 2.75) is 19.4 Å². The number of thiocarbonyl (C=S) groups is 1. The topological polar surface area (TPSA) is 55.8 Å². The first kappa shape index (κ1) is 17.5. The monoisotopic (exact) mass is 351 g/mol. The van der Waals surface area contributed by atoms with Gasteiger partial charge in [0.1, 0.15) is 16.1 Å². The van der Waals surface area contributed by atoms with Gasteiger partial charge in [0.25, 0.3) is 5.91 Å². The van der Waals surface area contributed by atoms with E-state index in [1.165, 1.54) is 23.8 Å². The van der Waals surface area contributed by atoms with Crippen LogP contribution in [0, 0.1) is 0 Å². The molecule has 0 radical (unpaired) electrons. The number of carbonyl (C=O) groups excluding carboxylic acids is 2. The van der Waals surface area contributed by atoms with E-state index in [-0.39, 0.29) is 5.91 Å². The molecule has 0 bridgehead atoms. The summed E-state index contributed by atoms with van der Waals surface area (Å²) in [6.07, 6.45) is 2.19. The van der Waals surface area contributed by atoms with Crippen LogP contribution in [0.4, 0.5) is 0 Å². The lowest BCUT2D eigenvalue weighted by Gasteiger charge is -2.23. The summed E-state index contributed by atoms with van der Waals surface area (Å²) in [4.78, 5) is 26.2. The molecule has 2 rings (SSSR count). The van der Waals surface area contributed by atoms with E-state index in [0.29, 0.717) is 15.6 Å². The maximum atomic E-state index is 12.6. The number of methoxy groups -OCH3 is 2. The Hall–Kier alpha value is -1.86. The van der Waals surface area contributed by atoms with Gasteiger partial charge in [-0.05, 0) is 30.2 Å². The number of amides is 1. The van der Waals surface area contributed by atoms with Crippen molar-refractivity contribution in [2.24, 2.45) is 0 Å². The smallest absolute Gasteiger partial charge is 0.329 e. The minimum atomic E-state index is -0.686. The lowest BCUT2D eigenvalue weighted by Crippen LogP contribution is -2.44. The Morgan fingerprint density at radius 3 is 2.52 bits per heavy atom. The number of hydrogen-bond acceptors (Lipinski definition) is 6. The Labute approximate surface area is 144 Å². The predicted molar refractivity (Wildman–Crippen MR) is 94.1 cm³/mol. The zero-order valence-electron chi connectivity index (χ0n) is 13.1. The summed E-state index contributed by atoms with van der Waals surface area (Å²) in [5.74, 6) is 0.00834. The van der Waals surface area contributed by atoms with Crippen LogP contribution in [0.5, 0.6) is 5.75 Å². The molecule has 1 fully saturated rings. The molecule has 1 amide bonds. The Bertz CT molecular complexity index is 655. The highest BCUT2D eigenvalue weighted by Crippen LogP contribution is 2.35. The SMILES string of the molecule is CC[C@@H](C(=O)OC)N1C(=O)C(=Cc2ccc(OC)cc2)SC1=S. The van der Waals surface area contributed by atoms with Crippen LogP contribution in [0.2, 0.25) is 0 Å². The molecule has 1 aliphatic rings. The van der Waals surface area contributed by atoms with Crippen LogP contribution in [-0.4, -0.2) is 41.4 Å². The van der Waals surface area contributed by atoms with E-state index in [0.717, 1.165) is 11.3 Å². The van der Waals surface area contributed by atoms with Gasteiger partial charge in [-0.15, -0.1) is 0 Å². The minimum Gasteiger partial charge on any atom is -0.497 e. The van der Waals surface area contributed by atoms with Crippen molar-refractivity contribution < 1.29 is 19.1 Å². The minimum absolute atomic E-state index is 0.270. The second-order valence-electron chi connectivity index (χ2n) is 4.77. The molecule has 23 heavy (non-hydrogen) atoms. The second-order valence-corrected chi connectivity index (χ2v) is 6.45. The number of nitrogens with zero attached hydrogens (tertiary/aromatic N) is 1. The fourth-order valence-electron chi connectivity index (χ4n) is 2.19. The maximum absolute atomic E-state index is 12.6. The number of hydrogen-bond donors (Lipinski definition) is 0. The molecule has 122 valence electrons. The van der Waals surface area contributed by atoms with E-state index >= 15 is 0 Å². The number of ether oxygens (including phenoxy) is 2. The zero-order valence-corrected chi connectivity index (χ0v) is 14.7. The Kier molecular flexibility index (Phi) is 5.79. The Morgan fingerprint density at radius 1 is 1.35 bits per heavy atom. The van der Waals surface area contributed by atoms with Crippen LogP contribution in [0.25, 0.3) is 6.08 Å². The largest absolute Gasteiger partial charge is 0.497 e. The van der Waals surface area contributed by atoms with Crippen LogP contribution in [-0.2, 0) is 14.3 Å². The molecule has 1 aromatic rings. The van der Waals surface area contributed by atoms with Crippen LogP contribution in [0.1, 0.15) is 18.9 Å². The molecule has 0 spiro atoms. The van der Waals surface area contributed by atoms with Gasteiger partial charge in [0.15, 0.2) is 0 Å². The van der Waals surface area contributed by atoms with Gasteiger partial charge in [-0.3, -0.25) is 9.69 Å². The van der Waals surface area contributed by atoms with E-state index in [9.17, 15) is 9.59 Å². The molecule has 0 aliphatic carbocycles. The molecule has 1 aromatic carbocycles. The van der Waals surface area contributed by atoms with Gasteiger partial charge in [0, 0.05) is 0 Å². The maximum Gasteiger partial charge on any atom is 0.329 e. The second kappa shape index (κ2) is 7.61. The van der Waals surface area contributed by atoms with Crippen molar-refractivity contribution in [3.05, 3.63) is 34.7 Å². The molecular formula is C16H17NO4S2. The highest BCUT2D eigenvalue weighted by molar-refractivity contribution is 8.26. The van der Waals surface area contributed by atoms with E-state index in [2.05, 4.69) is 0 Å². The molecule has 0 aromatic heterocycles. The number of carbonyl (C=O) groups is 2. The lowest BCUT2D eigenvalue weighted by atomic mass is 10.1. The first-order valence-corrected chi connectivity index (χ1v) is 8.23. The van der Waals surface area contributed by atoms with Crippen LogP contribution in [0.15, 0.2) is 29.2 Å². The van der Waals surface area contributed by atoms with Crippen LogP contribution >= 0.6 is 24.0 Å². The highest BCUT2D eigenvalue weighted by atomic mass is 32.2. The van der Waals surface area contributed by atoms with Gasteiger partial charge in [-0.1, -0.05) is 43.0 Å². The van der Waals surface area contributed by atoms with Crippen molar-refractivity contribution in [3.8, 4) is 5.75 Å². The number of thioether (sulfide) groups is 1. The third kappa shape index (κ3) is 3.73. The molecule has 7 heteroatoms. The van der Waals surface area contributed by atoms with Gasteiger partial charge in [-0.2, -0.15) is 0 Å². The summed E-state index contributed by atoms with van der Waals surface area (Å²) in [5.41, 5.74) is 0.859. The quantitative estimate of drug-likeness (QED) is 0.462. The molecule has 0 saturated carbocycles. The molecule has 1 atom stereocenters. The Balaban J connectivity index is 2.26. The molecule has 1 saturated heterocycles. The third-order valence-corrected chi connectivity index (χ3v) is 4.74. The molecule has 1 aliphatic heterocycles. The van der Waals surface area contributed by atoms with Crippen molar-refractivity contribution in [1.82, 2.24) is 4.90 Å². The van der Waals surface area contributed by atoms with Gasteiger partial charge >= 0.3 is 5.97 Å². The van der Waals surface area contributed by atoms with E-state index < -0.39 is 12.0 Å². The Morgan fingerprint density at radius 2 is 2.00 bits per heavy atom. The van der Waals surface area contributed by atoms with Gasteiger partial charge in [-0.25, -0.2) is 4.79 Å². The van der Waals surface area contributed by atoms with Crippen LogP contribution in [0.3, 0.4) is 0 Å². The first-order chi connectivity index (χ1) is 11.0. The van der Waals surface area contributed by atoms with Crippen LogP contribution < -0.4 is 4.74 Å². The summed E-state index contributed by atoms with van der Waals surface area (Å²) in [6.45, 7) is 1.81. The number of benzene rings is 1. The fraction of sp³-hybridized carbons (Fsp3) is 0.312. The molecule has 1 heterocycles. The van der Waals surface area contributed by atoms with Gasteiger partial charge < -0.3 is 9.47 Å². The van der Waals surface area contributed by atoms with Crippen molar-refractivity contribution in [2.75, 3.05) is 14.2 Å². The summed E-state index contributed by atoms with van der Waals surface area (Å²) >= 11 is 6.45. The van der Waals surface area contributed by atoms with Gasteiger partial charge in [0.05, 0.1) is 19.1 Å². The van der Waals surface area contributed by atoms with E-state index in [4.69, 9.17) is 21.7 Å². The average Bonchev–Trinajstić information content (AvgIpc) is 2.83. The number of rotatable bonds is 5. The van der Waals surface area contributed by atoms with E-state index in [1.807, 2.05) is 31.2 Å². The molecular weight excluding hydrogens is 334 g/mol. The van der Waals surface area contributed by atoms with E-state index in [1.54, 1.807) is 13.2 Å². The zero-order chi connectivity index (χ0) is 17.0. The van der Waals surface area contributed by atoms with Gasteiger partial charge in [0.2, 0.25) is 0 Å². The number of esters is 1. The first-order valence-electron chi connectivity index (χ1n) is 7.00. The summed E-state index contributed by atoms with van der Waals surface area (Å²) in [5, 5.41) is 0. The lowest BCUT2D eigenvalue weighted by molar-refractivity contribution is -0.148. The molecule has 5 nitrogen and oxygen atoms in total. The molecule has 0 unspecified atom stereocenters. The standard InChI is InChI=1S/C16H17NO4S2/c1-4-12(15(19)21-3)17-14(18)13(23-16(17)22)9-10-5-7-11(20-2)8-6-10/h5-9,12H,4H2,1-3H3/t12-/m0/s1. The average molecular weight is 351 g/mol. The molecule has 0 N–H and O–H groups in total. The third-order valence-electron chi connectivity index (χ3n) is 3.41. The fourth-order valence-corrected chi connectivity index (χ4v) is 3.55.